The quantitative estimate of drug-likeness (QED) is 0.838. The van der Waals surface area contributed by atoms with Crippen LogP contribution in [0.25, 0.3) is 0 Å². The van der Waals surface area contributed by atoms with Crippen LogP contribution in [0.5, 0.6) is 5.75 Å². The van der Waals surface area contributed by atoms with Crippen LogP contribution in [0.2, 0.25) is 0 Å². The Bertz CT molecular complexity index is 1110. The summed E-state index contributed by atoms with van der Waals surface area (Å²) in [4.78, 5) is 0. The Hall–Kier alpha value is -3.86. The van der Waals surface area contributed by atoms with E-state index in [-0.39, 0.29) is 0 Å². The van der Waals surface area contributed by atoms with Crippen LogP contribution in [0, 0.1) is 50.2 Å². The molecule has 0 spiro atoms. The zero-order valence-electron chi connectivity index (χ0n) is 16.4. The van der Waals surface area contributed by atoms with Gasteiger partial charge in [-0.3, -0.25) is 5.41 Å². The molecule has 3 aliphatic rings. The number of fused-ring (bicyclic) bond motifs is 3. The maximum Gasteiger partial charge on any atom is 0.219 e. The molecule has 7 nitrogen and oxygen atoms in total. The Kier molecular flexibility index (Phi) is 4.28. The van der Waals surface area contributed by atoms with E-state index in [0.717, 1.165) is 0 Å². The molecule has 0 aromatic heterocycles. The van der Waals surface area contributed by atoms with Gasteiger partial charge >= 0.3 is 0 Å². The van der Waals surface area contributed by atoms with E-state index in [1.54, 1.807) is 55.5 Å². The molecule has 0 saturated carbocycles. The third-order valence-corrected chi connectivity index (χ3v) is 6.07. The van der Waals surface area contributed by atoms with Crippen molar-refractivity contribution < 1.29 is 14.2 Å². The molecule has 3 heterocycles. The van der Waals surface area contributed by atoms with E-state index in [1.807, 2.05) is 6.07 Å². The smallest absolute Gasteiger partial charge is 0.219 e. The first kappa shape index (κ1) is 19.5. The summed E-state index contributed by atoms with van der Waals surface area (Å²) in [5.41, 5.74) is -2.68. The molecular formula is C23H18N4O3. The van der Waals surface area contributed by atoms with Crippen LogP contribution in [-0.2, 0) is 9.47 Å². The third-order valence-electron chi connectivity index (χ3n) is 6.07. The molecule has 148 valence electrons. The molecule has 30 heavy (non-hydrogen) atoms. The highest BCUT2D eigenvalue weighted by molar-refractivity contribution is 5.89. The van der Waals surface area contributed by atoms with Gasteiger partial charge in [-0.1, -0.05) is 42.5 Å². The van der Waals surface area contributed by atoms with Crippen molar-refractivity contribution in [3.8, 4) is 24.0 Å². The van der Waals surface area contributed by atoms with Crippen LogP contribution >= 0.6 is 0 Å². The summed E-state index contributed by atoms with van der Waals surface area (Å²) in [5.74, 6) is -2.22. The van der Waals surface area contributed by atoms with Gasteiger partial charge < -0.3 is 14.2 Å². The van der Waals surface area contributed by atoms with Crippen LogP contribution in [0.15, 0.2) is 54.6 Å². The van der Waals surface area contributed by atoms with Crippen molar-refractivity contribution in [1.29, 1.82) is 21.2 Å². The van der Waals surface area contributed by atoms with Gasteiger partial charge in [-0.05, 0) is 23.3 Å². The van der Waals surface area contributed by atoms with Gasteiger partial charge in [-0.25, -0.2) is 0 Å². The average molecular weight is 398 g/mol. The van der Waals surface area contributed by atoms with Crippen molar-refractivity contribution in [2.45, 2.75) is 24.7 Å². The first-order chi connectivity index (χ1) is 14.4. The van der Waals surface area contributed by atoms with Gasteiger partial charge in [0.05, 0.1) is 31.2 Å². The lowest BCUT2D eigenvalue weighted by Crippen LogP contribution is -2.70. The lowest BCUT2D eigenvalue weighted by atomic mass is 9.49. The van der Waals surface area contributed by atoms with Crippen LogP contribution in [0.4, 0.5) is 0 Å². The molecule has 7 heteroatoms. The highest BCUT2D eigenvalue weighted by Gasteiger charge is 2.79. The van der Waals surface area contributed by atoms with E-state index in [2.05, 4.69) is 18.2 Å². The molecule has 5 rings (SSSR count). The second-order valence-corrected chi connectivity index (χ2v) is 7.51. The van der Waals surface area contributed by atoms with E-state index in [4.69, 9.17) is 19.6 Å². The van der Waals surface area contributed by atoms with Crippen molar-refractivity contribution in [3.63, 3.8) is 0 Å². The lowest BCUT2D eigenvalue weighted by Gasteiger charge is -2.61. The Morgan fingerprint density at radius 2 is 1.57 bits per heavy atom. The highest BCUT2D eigenvalue weighted by atomic mass is 16.7. The molecule has 4 atom stereocenters. The molecule has 0 aliphatic carbocycles. The molecule has 3 saturated heterocycles. The molecule has 3 fully saturated rings. The number of rotatable bonds is 3. The summed E-state index contributed by atoms with van der Waals surface area (Å²) in [7, 11) is 1.54. The van der Waals surface area contributed by atoms with Crippen LogP contribution in [0.3, 0.4) is 0 Å². The van der Waals surface area contributed by atoms with Gasteiger partial charge in [-0.2, -0.15) is 15.8 Å². The van der Waals surface area contributed by atoms with Crippen molar-refractivity contribution in [3.05, 3.63) is 65.7 Å². The van der Waals surface area contributed by atoms with Crippen LogP contribution in [-0.4, -0.2) is 18.8 Å². The second kappa shape index (κ2) is 6.59. The predicted molar refractivity (Wildman–Crippen MR) is 105 cm³/mol. The Labute approximate surface area is 174 Å². The van der Waals surface area contributed by atoms with Gasteiger partial charge in [0.15, 0.2) is 10.8 Å². The summed E-state index contributed by atoms with van der Waals surface area (Å²) in [6.45, 7) is 1.61. The maximum absolute atomic E-state index is 10.3. The van der Waals surface area contributed by atoms with Gasteiger partial charge in [-0.15, -0.1) is 0 Å². The topological polar surface area (TPSA) is 123 Å². The molecule has 3 aliphatic heterocycles. The first-order valence-corrected chi connectivity index (χ1v) is 9.31. The number of hydrogen-bond donors (Lipinski definition) is 1. The van der Waals surface area contributed by atoms with Crippen molar-refractivity contribution in [1.82, 2.24) is 0 Å². The largest absolute Gasteiger partial charge is 0.497 e. The van der Waals surface area contributed by atoms with Crippen molar-refractivity contribution in [2.75, 3.05) is 7.11 Å². The zero-order chi connectivity index (χ0) is 21.6. The first-order valence-electron chi connectivity index (χ1n) is 9.31. The third kappa shape index (κ3) is 2.23. The van der Waals surface area contributed by atoms with Crippen molar-refractivity contribution in [2.24, 2.45) is 10.8 Å². The lowest BCUT2D eigenvalue weighted by molar-refractivity contribution is -0.323. The summed E-state index contributed by atoms with van der Waals surface area (Å²) in [6, 6.07) is 22.0. The maximum atomic E-state index is 10.3. The van der Waals surface area contributed by atoms with E-state index in [0.29, 0.717) is 16.9 Å². The molecule has 2 aromatic rings. The van der Waals surface area contributed by atoms with Gasteiger partial charge in [0.2, 0.25) is 11.7 Å². The molecule has 0 amide bonds. The summed E-state index contributed by atoms with van der Waals surface area (Å²) < 4.78 is 17.3. The molecule has 4 unspecified atom stereocenters. The van der Waals surface area contributed by atoms with E-state index in [9.17, 15) is 15.8 Å². The normalized spacial score (nSPS) is 31.0. The summed E-state index contributed by atoms with van der Waals surface area (Å²) in [5, 5.41) is 39.5. The fourth-order valence-electron chi connectivity index (χ4n) is 4.71. The fraction of sp³-hybridized carbons (Fsp3) is 0.304. The zero-order valence-corrected chi connectivity index (χ0v) is 16.4. The number of nitrogens with one attached hydrogen (secondary N) is 1. The van der Waals surface area contributed by atoms with Gasteiger partial charge in [0.1, 0.15) is 11.9 Å². The van der Waals surface area contributed by atoms with E-state index < -0.39 is 34.5 Å². The number of hydrogen-bond acceptors (Lipinski definition) is 7. The van der Waals surface area contributed by atoms with Crippen LogP contribution < -0.4 is 4.74 Å². The minimum absolute atomic E-state index is 0.435. The Morgan fingerprint density at radius 1 is 0.933 bits per heavy atom. The molecule has 0 radical (unpaired) electrons. The second-order valence-electron chi connectivity index (χ2n) is 7.51. The Morgan fingerprint density at radius 3 is 2.10 bits per heavy atom. The number of ether oxygens (including phenoxy) is 3. The highest BCUT2D eigenvalue weighted by Crippen LogP contribution is 2.69. The van der Waals surface area contributed by atoms with Gasteiger partial charge in [0, 0.05) is 6.92 Å². The minimum atomic E-state index is -1.96. The average Bonchev–Trinajstić information content (AvgIpc) is 2.78. The van der Waals surface area contributed by atoms with Crippen LogP contribution in [0.1, 0.15) is 30.1 Å². The van der Waals surface area contributed by atoms with E-state index >= 15 is 0 Å². The summed E-state index contributed by atoms with van der Waals surface area (Å²) >= 11 is 0. The number of nitrogens with zero attached hydrogens (tertiary/aromatic N) is 3. The number of benzene rings is 2. The number of nitriles is 3. The minimum Gasteiger partial charge on any atom is -0.497 e. The van der Waals surface area contributed by atoms with Crippen molar-refractivity contribution >= 4 is 5.90 Å². The fourth-order valence-corrected chi connectivity index (χ4v) is 4.71. The monoisotopic (exact) mass is 398 g/mol. The molecular weight excluding hydrogens is 380 g/mol. The molecule has 2 aromatic carbocycles. The van der Waals surface area contributed by atoms with Gasteiger partial charge in [0.25, 0.3) is 0 Å². The SMILES string of the molecule is COc1ccc(C2OC3(C)OC(=N)C2(C#N)C(C#N)(C#N)C3c2ccccc2)cc1. The number of methoxy groups -OCH3 is 1. The molecule has 1 N–H and O–H groups in total. The standard InChI is InChI=1S/C23H18N4O3/c1-21-18(15-6-4-3-5-7-15)22(12-24,13-25)23(14-26,20(27)30-21)19(29-21)16-8-10-17(28-2)11-9-16/h3-11,18-19,27H,1-2H3. The van der Waals surface area contributed by atoms with E-state index in [1.165, 1.54) is 7.11 Å². The molecule has 2 bridgehead atoms. The summed E-state index contributed by atoms with van der Waals surface area (Å²) in [6.07, 6.45) is -1.04. The predicted octanol–water partition coefficient (Wildman–Crippen LogP) is 3.82. The Balaban J connectivity index is 2.00.